The average Bonchev–Trinajstić information content (AvgIpc) is 3.05. The molecule has 2 nitrogen and oxygen atoms in total. The van der Waals surface area contributed by atoms with Gasteiger partial charge in [-0.15, -0.1) is 0 Å². The van der Waals surface area contributed by atoms with Gasteiger partial charge in [0.05, 0.1) is 0 Å². The third-order valence-corrected chi connectivity index (χ3v) is 4.51. The quantitative estimate of drug-likeness (QED) is 0.681. The molecule has 2 fully saturated rings. The molecule has 0 aromatic carbocycles. The number of nitrogens with one attached hydrogen (secondary N) is 1. The van der Waals surface area contributed by atoms with Gasteiger partial charge in [0.1, 0.15) is 0 Å². The normalized spacial score (nSPS) is 25.3. The second kappa shape index (κ2) is 6.02. The molecule has 0 bridgehead atoms. The van der Waals surface area contributed by atoms with Gasteiger partial charge in [0.25, 0.3) is 0 Å². The minimum atomic E-state index is 0.366. The van der Waals surface area contributed by atoms with E-state index in [2.05, 4.69) is 5.32 Å². The Labute approximate surface area is 99.8 Å². The zero-order valence-corrected chi connectivity index (χ0v) is 10.5. The van der Waals surface area contributed by atoms with Crippen molar-refractivity contribution < 1.29 is 5.11 Å². The first-order chi connectivity index (χ1) is 7.85. The van der Waals surface area contributed by atoms with Crippen molar-refractivity contribution in [2.24, 2.45) is 11.3 Å². The van der Waals surface area contributed by atoms with E-state index in [1.54, 1.807) is 0 Å². The van der Waals surface area contributed by atoms with E-state index in [0.29, 0.717) is 12.0 Å². The molecule has 2 aliphatic carbocycles. The molecule has 2 saturated carbocycles. The van der Waals surface area contributed by atoms with E-state index >= 15 is 0 Å². The molecule has 2 heteroatoms. The summed E-state index contributed by atoms with van der Waals surface area (Å²) in [5.74, 6) is 0.924. The topological polar surface area (TPSA) is 32.3 Å². The third-order valence-electron chi connectivity index (χ3n) is 4.51. The van der Waals surface area contributed by atoms with Crippen LogP contribution in [0.2, 0.25) is 0 Å². The van der Waals surface area contributed by atoms with Gasteiger partial charge in [-0.2, -0.15) is 0 Å². The predicted molar refractivity (Wildman–Crippen MR) is 67.4 cm³/mol. The smallest absolute Gasteiger partial charge is 0.0436 e. The van der Waals surface area contributed by atoms with Crippen LogP contribution < -0.4 is 5.32 Å². The van der Waals surface area contributed by atoms with Gasteiger partial charge in [0.2, 0.25) is 0 Å². The van der Waals surface area contributed by atoms with Gasteiger partial charge >= 0.3 is 0 Å². The largest absolute Gasteiger partial charge is 0.396 e. The maximum atomic E-state index is 9.00. The molecule has 0 aromatic rings. The average molecular weight is 225 g/mol. The van der Waals surface area contributed by atoms with E-state index in [0.717, 1.165) is 18.9 Å². The molecule has 16 heavy (non-hydrogen) atoms. The lowest BCUT2D eigenvalue weighted by Gasteiger charge is -2.19. The van der Waals surface area contributed by atoms with Crippen molar-refractivity contribution in [1.29, 1.82) is 0 Å². The Morgan fingerprint density at radius 1 is 1.06 bits per heavy atom. The molecule has 0 amide bonds. The van der Waals surface area contributed by atoms with Gasteiger partial charge in [-0.25, -0.2) is 0 Å². The molecule has 0 spiro atoms. The van der Waals surface area contributed by atoms with Crippen LogP contribution in [0.4, 0.5) is 0 Å². The minimum absolute atomic E-state index is 0.366. The summed E-state index contributed by atoms with van der Waals surface area (Å²) in [6, 6.07) is 0. The van der Waals surface area contributed by atoms with E-state index < -0.39 is 0 Å². The van der Waals surface area contributed by atoms with Crippen LogP contribution in [0, 0.1) is 11.3 Å². The predicted octanol–water partition coefficient (Wildman–Crippen LogP) is 2.71. The third kappa shape index (κ3) is 3.74. The van der Waals surface area contributed by atoms with E-state index in [1.807, 2.05) is 0 Å². The van der Waals surface area contributed by atoms with Gasteiger partial charge in [-0.05, 0) is 50.0 Å². The Balaban J connectivity index is 1.60. The highest BCUT2D eigenvalue weighted by molar-refractivity contribution is 4.94. The van der Waals surface area contributed by atoms with E-state index in [-0.39, 0.29) is 0 Å². The van der Waals surface area contributed by atoms with Crippen molar-refractivity contribution in [3.63, 3.8) is 0 Å². The first kappa shape index (κ1) is 12.4. The Morgan fingerprint density at radius 2 is 1.75 bits per heavy atom. The van der Waals surface area contributed by atoms with Crippen molar-refractivity contribution in [2.75, 3.05) is 19.7 Å². The highest BCUT2D eigenvalue weighted by Gasteiger charge is 2.41. The molecular weight excluding hydrogens is 198 g/mol. The van der Waals surface area contributed by atoms with Crippen molar-refractivity contribution in [1.82, 2.24) is 5.32 Å². The first-order valence-corrected chi connectivity index (χ1v) is 7.16. The number of rotatable bonds is 6. The zero-order valence-electron chi connectivity index (χ0n) is 10.5. The van der Waals surface area contributed by atoms with Gasteiger partial charge in [-0.3, -0.25) is 0 Å². The number of hydrogen-bond acceptors (Lipinski definition) is 2. The van der Waals surface area contributed by atoms with Crippen LogP contribution in [0.15, 0.2) is 0 Å². The summed E-state index contributed by atoms with van der Waals surface area (Å²) in [5.41, 5.74) is 0.486. The van der Waals surface area contributed by atoms with Crippen molar-refractivity contribution in [2.45, 2.75) is 57.8 Å². The minimum Gasteiger partial charge on any atom is -0.396 e. The highest BCUT2D eigenvalue weighted by Crippen LogP contribution is 2.47. The Hall–Kier alpha value is -0.0800. The lowest BCUT2D eigenvalue weighted by atomic mass is 9.99. The van der Waals surface area contributed by atoms with Gasteiger partial charge < -0.3 is 10.4 Å². The fourth-order valence-corrected chi connectivity index (χ4v) is 3.04. The zero-order chi connectivity index (χ0) is 11.3. The van der Waals surface area contributed by atoms with Crippen LogP contribution in [0.5, 0.6) is 0 Å². The molecule has 0 atom stereocenters. The van der Waals surface area contributed by atoms with E-state index in [1.165, 1.54) is 57.9 Å². The first-order valence-electron chi connectivity index (χ1n) is 7.16. The molecule has 0 unspecified atom stereocenters. The van der Waals surface area contributed by atoms with Crippen molar-refractivity contribution >= 4 is 0 Å². The van der Waals surface area contributed by atoms with Crippen molar-refractivity contribution in [3.05, 3.63) is 0 Å². The van der Waals surface area contributed by atoms with Gasteiger partial charge in [0.15, 0.2) is 0 Å². The highest BCUT2D eigenvalue weighted by atomic mass is 16.3. The molecule has 0 saturated heterocycles. The summed E-state index contributed by atoms with van der Waals surface area (Å²) < 4.78 is 0. The molecule has 0 heterocycles. The summed E-state index contributed by atoms with van der Waals surface area (Å²) in [5, 5.41) is 12.7. The van der Waals surface area contributed by atoms with E-state index in [4.69, 9.17) is 5.11 Å². The summed E-state index contributed by atoms with van der Waals surface area (Å²) in [7, 11) is 0. The molecule has 2 aliphatic rings. The van der Waals surface area contributed by atoms with Gasteiger partial charge in [0, 0.05) is 13.2 Å². The van der Waals surface area contributed by atoms with Crippen LogP contribution in [-0.2, 0) is 0 Å². The summed E-state index contributed by atoms with van der Waals surface area (Å²) in [6.45, 7) is 2.72. The number of aliphatic hydroxyl groups excluding tert-OH is 1. The molecule has 94 valence electrons. The maximum absolute atomic E-state index is 9.00. The van der Waals surface area contributed by atoms with Gasteiger partial charge in [-0.1, -0.05) is 25.7 Å². The molecule has 0 aromatic heterocycles. The fraction of sp³-hybridized carbons (Fsp3) is 1.00. The van der Waals surface area contributed by atoms with Crippen molar-refractivity contribution in [3.8, 4) is 0 Å². The monoisotopic (exact) mass is 225 g/mol. The fourth-order valence-electron chi connectivity index (χ4n) is 3.04. The molecule has 2 rings (SSSR count). The van der Waals surface area contributed by atoms with Crippen LogP contribution in [0.1, 0.15) is 57.8 Å². The molecule has 0 aliphatic heterocycles. The lowest BCUT2D eigenvalue weighted by molar-refractivity contribution is 0.243. The summed E-state index contributed by atoms with van der Waals surface area (Å²) >= 11 is 0. The second-order valence-electron chi connectivity index (χ2n) is 5.96. The Bertz CT molecular complexity index is 193. The second-order valence-corrected chi connectivity index (χ2v) is 5.96. The van der Waals surface area contributed by atoms with Crippen LogP contribution >= 0.6 is 0 Å². The van der Waals surface area contributed by atoms with Crippen LogP contribution in [-0.4, -0.2) is 24.8 Å². The number of hydrogen-bond donors (Lipinski definition) is 2. The SMILES string of the molecule is OCCC1(CNCC2CCCCCC2)CC1. The molecule has 2 N–H and O–H groups in total. The Kier molecular flexibility index (Phi) is 4.66. The van der Waals surface area contributed by atoms with Crippen LogP contribution in [0.25, 0.3) is 0 Å². The van der Waals surface area contributed by atoms with Crippen LogP contribution in [0.3, 0.4) is 0 Å². The van der Waals surface area contributed by atoms with E-state index in [9.17, 15) is 0 Å². The Morgan fingerprint density at radius 3 is 2.31 bits per heavy atom. The summed E-state index contributed by atoms with van der Waals surface area (Å²) in [4.78, 5) is 0. The standard InChI is InChI=1S/C14H27NO/c16-10-9-14(7-8-14)12-15-11-13-5-3-1-2-4-6-13/h13,15-16H,1-12H2. The molecular formula is C14H27NO. The maximum Gasteiger partial charge on any atom is 0.0436 e. The number of aliphatic hydroxyl groups is 1. The summed E-state index contributed by atoms with van der Waals surface area (Å²) in [6.07, 6.45) is 12.3. The lowest BCUT2D eigenvalue weighted by Crippen LogP contribution is -2.29. The molecule has 0 radical (unpaired) electrons.